The predicted octanol–water partition coefficient (Wildman–Crippen LogP) is 3.84. The van der Waals surface area contributed by atoms with E-state index in [4.69, 9.17) is 4.74 Å². The first-order valence-corrected chi connectivity index (χ1v) is 8.93. The molecule has 0 saturated carbocycles. The number of benzene rings is 2. The summed E-state index contributed by atoms with van der Waals surface area (Å²) in [5.41, 5.74) is 1.97. The first-order chi connectivity index (χ1) is 13.0. The monoisotopic (exact) mass is 383 g/mol. The lowest BCUT2D eigenvalue weighted by atomic mass is 10.2. The number of anilines is 2. The molecule has 1 aliphatic heterocycles. The second-order valence-electron chi connectivity index (χ2n) is 5.92. The maximum atomic E-state index is 14.0. The molecule has 2 heterocycles. The van der Waals surface area contributed by atoms with Gasteiger partial charge in [0.05, 0.1) is 11.4 Å². The normalized spacial score (nSPS) is 12.7. The Bertz CT molecular complexity index is 1060. The molecule has 136 valence electrons. The standard InChI is InChI=1S/C19H14FN3O3S/c1-10-17(27-19(21-10)12-4-2-3-5-13(12)20)18(25)22-11-6-7-14-15(8-11)26-9-16(24)23-14/h2-8H,9H2,1H3,(H,22,25)(H,23,24). The Morgan fingerprint density at radius 1 is 1.30 bits per heavy atom. The Balaban J connectivity index is 1.57. The Morgan fingerprint density at radius 2 is 2.11 bits per heavy atom. The third-order valence-corrected chi connectivity index (χ3v) is 5.17. The zero-order chi connectivity index (χ0) is 19.0. The highest BCUT2D eigenvalue weighted by atomic mass is 32.1. The van der Waals surface area contributed by atoms with Crippen molar-refractivity contribution in [3.63, 3.8) is 0 Å². The van der Waals surface area contributed by atoms with Gasteiger partial charge in [-0.15, -0.1) is 11.3 Å². The number of halogens is 1. The molecule has 2 aromatic carbocycles. The van der Waals surface area contributed by atoms with Gasteiger partial charge in [0.25, 0.3) is 11.8 Å². The molecule has 8 heteroatoms. The predicted molar refractivity (Wildman–Crippen MR) is 101 cm³/mol. The topological polar surface area (TPSA) is 80.3 Å². The Hall–Kier alpha value is -3.26. The fourth-order valence-corrected chi connectivity index (χ4v) is 3.69. The second kappa shape index (κ2) is 6.81. The highest BCUT2D eigenvalue weighted by molar-refractivity contribution is 7.17. The van der Waals surface area contributed by atoms with Crippen LogP contribution in [0, 0.1) is 12.7 Å². The van der Waals surface area contributed by atoms with Crippen molar-refractivity contribution in [1.29, 1.82) is 0 Å². The molecule has 0 aliphatic carbocycles. The number of nitrogens with zero attached hydrogens (tertiary/aromatic N) is 1. The zero-order valence-electron chi connectivity index (χ0n) is 14.2. The average Bonchev–Trinajstić information content (AvgIpc) is 3.04. The van der Waals surface area contributed by atoms with E-state index in [0.29, 0.717) is 38.3 Å². The molecule has 0 radical (unpaired) electrons. The van der Waals surface area contributed by atoms with Crippen LogP contribution in [0.25, 0.3) is 10.6 Å². The number of fused-ring (bicyclic) bond motifs is 1. The molecule has 1 aromatic heterocycles. The molecule has 0 spiro atoms. The van der Waals surface area contributed by atoms with Crippen LogP contribution in [0.4, 0.5) is 15.8 Å². The van der Waals surface area contributed by atoms with Crippen molar-refractivity contribution < 1.29 is 18.7 Å². The van der Waals surface area contributed by atoms with Crippen molar-refractivity contribution in [3.05, 3.63) is 58.9 Å². The van der Waals surface area contributed by atoms with Crippen LogP contribution in [0.3, 0.4) is 0 Å². The summed E-state index contributed by atoms with van der Waals surface area (Å²) < 4.78 is 19.3. The van der Waals surface area contributed by atoms with Gasteiger partial charge in [0.15, 0.2) is 6.61 Å². The smallest absolute Gasteiger partial charge is 0.267 e. The van der Waals surface area contributed by atoms with Gasteiger partial charge in [0.2, 0.25) is 0 Å². The van der Waals surface area contributed by atoms with Gasteiger partial charge in [-0.1, -0.05) is 12.1 Å². The SMILES string of the molecule is Cc1nc(-c2ccccc2F)sc1C(=O)Nc1ccc2c(c1)OCC(=O)N2. The van der Waals surface area contributed by atoms with E-state index >= 15 is 0 Å². The average molecular weight is 383 g/mol. The fourth-order valence-electron chi connectivity index (χ4n) is 2.70. The lowest BCUT2D eigenvalue weighted by Crippen LogP contribution is -2.25. The lowest BCUT2D eigenvalue weighted by Gasteiger charge is -2.18. The van der Waals surface area contributed by atoms with Gasteiger partial charge in [-0.2, -0.15) is 0 Å². The maximum absolute atomic E-state index is 14.0. The number of hydrogen-bond donors (Lipinski definition) is 2. The molecule has 0 bridgehead atoms. The molecule has 0 atom stereocenters. The van der Waals surface area contributed by atoms with Gasteiger partial charge in [0, 0.05) is 17.3 Å². The van der Waals surface area contributed by atoms with E-state index in [0.717, 1.165) is 11.3 Å². The summed E-state index contributed by atoms with van der Waals surface area (Å²) in [6, 6.07) is 11.3. The van der Waals surface area contributed by atoms with E-state index in [-0.39, 0.29) is 24.2 Å². The summed E-state index contributed by atoms with van der Waals surface area (Å²) in [5.74, 6) is -0.458. The van der Waals surface area contributed by atoms with E-state index in [2.05, 4.69) is 15.6 Å². The van der Waals surface area contributed by atoms with Crippen LogP contribution in [-0.2, 0) is 4.79 Å². The zero-order valence-corrected chi connectivity index (χ0v) is 15.0. The van der Waals surface area contributed by atoms with Crippen LogP contribution in [0.1, 0.15) is 15.4 Å². The fraction of sp³-hybridized carbons (Fsp3) is 0.105. The summed E-state index contributed by atoms with van der Waals surface area (Å²) in [4.78, 5) is 28.7. The van der Waals surface area contributed by atoms with Crippen molar-refractivity contribution >= 4 is 34.5 Å². The van der Waals surface area contributed by atoms with Gasteiger partial charge in [-0.25, -0.2) is 9.37 Å². The highest BCUT2D eigenvalue weighted by Crippen LogP contribution is 2.32. The second-order valence-corrected chi connectivity index (χ2v) is 6.91. The van der Waals surface area contributed by atoms with Crippen molar-refractivity contribution in [2.24, 2.45) is 0 Å². The van der Waals surface area contributed by atoms with E-state index in [1.807, 2.05) is 0 Å². The molecule has 0 fully saturated rings. The van der Waals surface area contributed by atoms with E-state index < -0.39 is 0 Å². The number of rotatable bonds is 3. The lowest BCUT2D eigenvalue weighted by molar-refractivity contribution is -0.118. The largest absolute Gasteiger partial charge is 0.482 e. The maximum Gasteiger partial charge on any atom is 0.267 e. The quantitative estimate of drug-likeness (QED) is 0.720. The number of carbonyl (C=O) groups excluding carboxylic acids is 2. The third kappa shape index (κ3) is 3.39. The Labute approximate surface area is 158 Å². The molecule has 3 aromatic rings. The van der Waals surface area contributed by atoms with Crippen LogP contribution in [0.5, 0.6) is 5.75 Å². The van der Waals surface area contributed by atoms with E-state index in [9.17, 15) is 14.0 Å². The van der Waals surface area contributed by atoms with E-state index in [1.54, 1.807) is 43.3 Å². The first kappa shape index (κ1) is 17.2. The number of hydrogen-bond acceptors (Lipinski definition) is 5. The number of nitrogens with one attached hydrogen (secondary N) is 2. The van der Waals surface area contributed by atoms with Crippen molar-refractivity contribution in [2.75, 3.05) is 17.2 Å². The number of aromatic nitrogens is 1. The molecule has 27 heavy (non-hydrogen) atoms. The minimum Gasteiger partial charge on any atom is -0.482 e. The van der Waals surface area contributed by atoms with Crippen molar-refractivity contribution in [2.45, 2.75) is 6.92 Å². The Kier molecular flexibility index (Phi) is 4.33. The van der Waals surface area contributed by atoms with Crippen LogP contribution < -0.4 is 15.4 Å². The first-order valence-electron chi connectivity index (χ1n) is 8.11. The summed E-state index contributed by atoms with van der Waals surface area (Å²) in [6.07, 6.45) is 0. The third-order valence-electron chi connectivity index (χ3n) is 3.98. The Morgan fingerprint density at radius 3 is 2.93 bits per heavy atom. The summed E-state index contributed by atoms with van der Waals surface area (Å²) in [5, 5.41) is 5.92. The van der Waals surface area contributed by atoms with Crippen LogP contribution in [0.15, 0.2) is 42.5 Å². The molecule has 6 nitrogen and oxygen atoms in total. The minimum atomic E-state index is -0.382. The molecule has 0 unspecified atom stereocenters. The molecule has 2 N–H and O–H groups in total. The molecular weight excluding hydrogens is 369 g/mol. The number of thiazole rings is 1. The van der Waals surface area contributed by atoms with Gasteiger partial charge in [0.1, 0.15) is 21.5 Å². The van der Waals surface area contributed by atoms with Crippen molar-refractivity contribution in [3.8, 4) is 16.3 Å². The summed E-state index contributed by atoms with van der Waals surface area (Å²) in [6.45, 7) is 1.64. The molecule has 1 aliphatic rings. The van der Waals surface area contributed by atoms with Gasteiger partial charge in [-0.05, 0) is 31.2 Å². The number of carbonyl (C=O) groups is 2. The van der Waals surface area contributed by atoms with Crippen LogP contribution >= 0.6 is 11.3 Å². The number of ether oxygens (including phenoxy) is 1. The number of amides is 2. The van der Waals surface area contributed by atoms with Gasteiger partial charge in [-0.3, -0.25) is 9.59 Å². The van der Waals surface area contributed by atoms with Crippen molar-refractivity contribution in [1.82, 2.24) is 4.98 Å². The van der Waals surface area contributed by atoms with Gasteiger partial charge < -0.3 is 15.4 Å². The number of aryl methyl sites for hydroxylation is 1. The van der Waals surface area contributed by atoms with E-state index in [1.165, 1.54) is 6.07 Å². The summed E-state index contributed by atoms with van der Waals surface area (Å²) in [7, 11) is 0. The van der Waals surface area contributed by atoms with Crippen LogP contribution in [0.2, 0.25) is 0 Å². The molecular formula is C19H14FN3O3S. The highest BCUT2D eigenvalue weighted by Gasteiger charge is 2.20. The van der Waals surface area contributed by atoms with Crippen LogP contribution in [-0.4, -0.2) is 23.4 Å². The van der Waals surface area contributed by atoms with Gasteiger partial charge >= 0.3 is 0 Å². The molecule has 0 saturated heterocycles. The molecule has 4 rings (SSSR count). The molecule has 2 amide bonds. The minimum absolute atomic E-state index is 0.0651. The summed E-state index contributed by atoms with van der Waals surface area (Å²) >= 11 is 1.13.